The molecule has 7 nitrogen and oxygen atoms in total. The van der Waals surface area contributed by atoms with Crippen molar-refractivity contribution in [2.24, 2.45) is 0 Å². The van der Waals surface area contributed by atoms with Crippen LogP contribution in [0.3, 0.4) is 0 Å². The average Bonchev–Trinajstić information content (AvgIpc) is 3.17. The Hall–Kier alpha value is -2.54. The fraction of sp³-hybridized carbons (Fsp3) is 0.524. The highest BCUT2D eigenvalue weighted by molar-refractivity contribution is 5.95. The van der Waals surface area contributed by atoms with Gasteiger partial charge in [-0.3, -0.25) is 14.6 Å². The van der Waals surface area contributed by atoms with Crippen LogP contribution in [-0.2, 0) is 4.79 Å². The van der Waals surface area contributed by atoms with Crippen molar-refractivity contribution in [1.29, 1.82) is 0 Å². The van der Waals surface area contributed by atoms with Crippen molar-refractivity contribution in [1.82, 2.24) is 15.1 Å². The number of rotatable bonds is 7. The van der Waals surface area contributed by atoms with Crippen LogP contribution in [0.2, 0.25) is 0 Å². The van der Waals surface area contributed by atoms with Crippen molar-refractivity contribution in [2.75, 3.05) is 46.9 Å². The maximum atomic E-state index is 12.0. The number of carbonyl (C=O) groups excluding carboxylic acids is 2. The molecule has 0 aromatic heterocycles. The Kier molecular flexibility index (Phi) is 6.92. The molecule has 0 aliphatic carbocycles. The van der Waals surface area contributed by atoms with Gasteiger partial charge in [0, 0.05) is 39.1 Å². The topological polar surface area (TPSA) is 71.1 Å². The maximum Gasteiger partial charge on any atom is 0.324 e. The number of likely N-dealkylation sites (tertiary alicyclic amines) is 1. The summed E-state index contributed by atoms with van der Waals surface area (Å²) in [6.45, 7) is 3.93. The Balaban J connectivity index is 1.43. The minimum atomic E-state index is -0.253. The summed E-state index contributed by atoms with van der Waals surface area (Å²) in [5.41, 5.74) is 2.48. The van der Waals surface area contributed by atoms with E-state index in [-0.39, 0.29) is 11.9 Å². The van der Waals surface area contributed by atoms with Gasteiger partial charge < -0.3 is 14.8 Å². The van der Waals surface area contributed by atoms with Crippen molar-refractivity contribution in [3.63, 3.8) is 0 Å². The zero-order valence-electron chi connectivity index (χ0n) is 16.7. The normalized spacial score (nSPS) is 17.4. The molecule has 3 amide bonds. The maximum absolute atomic E-state index is 12.0. The van der Waals surface area contributed by atoms with Gasteiger partial charge in [0.2, 0.25) is 5.91 Å². The van der Waals surface area contributed by atoms with Gasteiger partial charge in [0.15, 0.2) is 11.5 Å². The zero-order chi connectivity index (χ0) is 19.9. The molecule has 2 aliphatic rings. The van der Waals surface area contributed by atoms with Crippen LogP contribution in [0.5, 0.6) is 11.5 Å². The predicted molar refractivity (Wildman–Crippen MR) is 108 cm³/mol. The molecule has 0 radical (unpaired) electrons. The van der Waals surface area contributed by atoms with Gasteiger partial charge in [0.25, 0.3) is 0 Å². The Morgan fingerprint density at radius 3 is 2.61 bits per heavy atom. The van der Waals surface area contributed by atoms with Crippen LogP contribution in [-0.4, -0.2) is 68.7 Å². The Morgan fingerprint density at radius 1 is 1.14 bits per heavy atom. The molecule has 0 saturated carbocycles. The van der Waals surface area contributed by atoms with E-state index in [2.05, 4.69) is 22.4 Å². The molecule has 2 heterocycles. The highest BCUT2D eigenvalue weighted by Crippen LogP contribution is 2.32. The lowest BCUT2D eigenvalue weighted by Crippen LogP contribution is -2.41. The van der Waals surface area contributed by atoms with E-state index >= 15 is 0 Å². The van der Waals surface area contributed by atoms with Gasteiger partial charge in [0.1, 0.15) is 0 Å². The summed E-state index contributed by atoms with van der Waals surface area (Å²) in [6.07, 6.45) is 5.36. The molecule has 0 spiro atoms. The number of carbonyl (C=O) groups is 2. The summed E-state index contributed by atoms with van der Waals surface area (Å²) >= 11 is 0. The van der Waals surface area contributed by atoms with Gasteiger partial charge in [-0.05, 0) is 42.5 Å². The first-order chi connectivity index (χ1) is 13.6. The van der Waals surface area contributed by atoms with Crippen molar-refractivity contribution in [3.8, 4) is 11.5 Å². The lowest BCUT2D eigenvalue weighted by Gasteiger charge is -2.26. The summed E-state index contributed by atoms with van der Waals surface area (Å²) in [5.74, 6) is 1.42. The zero-order valence-corrected chi connectivity index (χ0v) is 16.7. The largest absolute Gasteiger partial charge is 0.493 e. The molecule has 1 aromatic rings. The Morgan fingerprint density at radius 2 is 1.96 bits per heavy atom. The van der Waals surface area contributed by atoms with Crippen molar-refractivity contribution < 1.29 is 19.1 Å². The van der Waals surface area contributed by atoms with Gasteiger partial charge in [-0.15, -0.1) is 0 Å². The fourth-order valence-corrected chi connectivity index (χ4v) is 3.67. The molecular formula is C21H29N3O4. The van der Waals surface area contributed by atoms with Crippen LogP contribution in [0.25, 0.3) is 5.57 Å². The summed E-state index contributed by atoms with van der Waals surface area (Å²) in [6, 6.07) is 5.78. The average molecular weight is 387 g/mol. The molecule has 1 saturated heterocycles. The molecule has 0 bridgehead atoms. The number of benzene rings is 1. The number of nitrogens with zero attached hydrogens (tertiary/aromatic N) is 2. The third-order valence-corrected chi connectivity index (χ3v) is 5.29. The standard InChI is InChI=1S/C21H29N3O4/c1-27-18-7-6-17(15-19(18)28-2)16-8-13-23(14-9-16)11-4-10-22-21(26)24-12-3-5-20(24)25/h6-8,15H,3-5,9-14H2,1-2H3,(H,22,26). The highest BCUT2D eigenvalue weighted by Gasteiger charge is 2.25. The Labute approximate surface area is 166 Å². The number of hydrogen-bond acceptors (Lipinski definition) is 5. The van der Waals surface area contributed by atoms with Crippen LogP contribution in [0, 0.1) is 0 Å². The molecule has 3 rings (SSSR count). The van der Waals surface area contributed by atoms with E-state index in [4.69, 9.17) is 9.47 Å². The van der Waals surface area contributed by atoms with E-state index in [1.807, 2.05) is 12.1 Å². The number of urea groups is 1. The first-order valence-corrected chi connectivity index (χ1v) is 9.84. The first kappa shape index (κ1) is 20.2. The van der Waals surface area contributed by atoms with E-state index in [1.165, 1.54) is 16.0 Å². The Bertz CT molecular complexity index is 747. The van der Waals surface area contributed by atoms with Crippen molar-refractivity contribution in [3.05, 3.63) is 29.8 Å². The van der Waals surface area contributed by atoms with E-state index in [1.54, 1.807) is 14.2 Å². The fourth-order valence-electron chi connectivity index (χ4n) is 3.67. The molecular weight excluding hydrogens is 358 g/mol. The number of imide groups is 1. The molecule has 28 heavy (non-hydrogen) atoms. The highest BCUT2D eigenvalue weighted by atomic mass is 16.5. The number of amides is 3. The second kappa shape index (κ2) is 9.59. The van der Waals surface area contributed by atoms with Gasteiger partial charge in [-0.2, -0.15) is 0 Å². The predicted octanol–water partition coefficient (Wildman–Crippen LogP) is 2.52. The van der Waals surface area contributed by atoms with Gasteiger partial charge in [-0.1, -0.05) is 12.1 Å². The number of methoxy groups -OCH3 is 2. The molecule has 1 N–H and O–H groups in total. The molecule has 0 atom stereocenters. The monoisotopic (exact) mass is 387 g/mol. The lowest BCUT2D eigenvalue weighted by atomic mass is 9.99. The van der Waals surface area contributed by atoms with Crippen LogP contribution in [0.4, 0.5) is 4.79 Å². The van der Waals surface area contributed by atoms with Gasteiger partial charge >= 0.3 is 6.03 Å². The lowest BCUT2D eigenvalue weighted by molar-refractivity contribution is -0.125. The minimum Gasteiger partial charge on any atom is -0.493 e. The number of nitrogens with one attached hydrogen (secondary N) is 1. The summed E-state index contributed by atoms with van der Waals surface area (Å²) in [4.78, 5) is 27.2. The van der Waals surface area contributed by atoms with Crippen LogP contribution >= 0.6 is 0 Å². The van der Waals surface area contributed by atoms with Crippen molar-refractivity contribution in [2.45, 2.75) is 25.7 Å². The third-order valence-electron chi connectivity index (χ3n) is 5.29. The molecule has 0 unspecified atom stereocenters. The first-order valence-electron chi connectivity index (χ1n) is 9.84. The summed E-state index contributed by atoms with van der Waals surface area (Å²) < 4.78 is 10.7. The summed E-state index contributed by atoms with van der Waals surface area (Å²) in [7, 11) is 3.29. The quantitative estimate of drug-likeness (QED) is 0.728. The van der Waals surface area contributed by atoms with E-state index < -0.39 is 0 Å². The second-order valence-electron chi connectivity index (χ2n) is 7.08. The molecule has 152 valence electrons. The van der Waals surface area contributed by atoms with Gasteiger partial charge in [-0.25, -0.2) is 4.79 Å². The molecule has 7 heteroatoms. The van der Waals surface area contributed by atoms with Crippen LogP contribution in [0.1, 0.15) is 31.2 Å². The number of ether oxygens (including phenoxy) is 2. The van der Waals surface area contributed by atoms with Crippen molar-refractivity contribution >= 4 is 17.5 Å². The van der Waals surface area contributed by atoms with E-state index in [0.29, 0.717) is 19.5 Å². The van der Waals surface area contributed by atoms with Crippen LogP contribution < -0.4 is 14.8 Å². The second-order valence-corrected chi connectivity index (χ2v) is 7.08. The third kappa shape index (κ3) is 4.84. The van der Waals surface area contributed by atoms with E-state index in [9.17, 15) is 9.59 Å². The van der Waals surface area contributed by atoms with Gasteiger partial charge in [0.05, 0.1) is 14.2 Å². The summed E-state index contributed by atoms with van der Waals surface area (Å²) in [5, 5.41) is 2.85. The van der Waals surface area contributed by atoms with E-state index in [0.717, 1.165) is 50.4 Å². The minimum absolute atomic E-state index is 0.0682. The molecule has 2 aliphatic heterocycles. The van der Waals surface area contributed by atoms with Crippen LogP contribution in [0.15, 0.2) is 24.3 Å². The smallest absolute Gasteiger partial charge is 0.324 e. The SMILES string of the molecule is COc1ccc(C2=CCN(CCCNC(=O)N3CCCC3=O)CC2)cc1OC. The number of hydrogen-bond donors (Lipinski definition) is 1. The molecule has 1 fully saturated rings. The molecule has 1 aromatic carbocycles.